The van der Waals surface area contributed by atoms with Crippen molar-refractivity contribution >= 4 is 34.4 Å². The Morgan fingerprint density at radius 2 is 2.12 bits per heavy atom. The molecule has 3 aromatic heterocycles. The first-order chi connectivity index (χ1) is 16.1. The van der Waals surface area contributed by atoms with Crippen LogP contribution in [0, 0.1) is 11.7 Å². The lowest BCUT2D eigenvalue weighted by atomic mass is 9.99. The van der Waals surface area contributed by atoms with Crippen LogP contribution in [-0.2, 0) is 11.3 Å². The molecule has 0 saturated carbocycles. The van der Waals surface area contributed by atoms with Crippen molar-refractivity contribution in [2.75, 3.05) is 18.4 Å². The quantitative estimate of drug-likeness (QED) is 0.442. The van der Waals surface area contributed by atoms with Crippen molar-refractivity contribution in [2.45, 2.75) is 19.4 Å². The number of benzene rings is 1. The zero-order chi connectivity index (χ0) is 22.8. The Morgan fingerprint density at radius 1 is 1.21 bits per heavy atom. The van der Waals surface area contributed by atoms with Crippen molar-refractivity contribution in [3.63, 3.8) is 0 Å². The van der Waals surface area contributed by atoms with E-state index in [1.165, 1.54) is 12.1 Å². The zero-order valence-corrected chi connectivity index (χ0v) is 18.6. The van der Waals surface area contributed by atoms with Crippen LogP contribution in [0.1, 0.15) is 18.4 Å². The largest absolute Gasteiger partial charge is 0.342 e. The first-order valence-electron chi connectivity index (χ1n) is 10.9. The smallest absolute Gasteiger partial charge is 0.229 e. The summed E-state index contributed by atoms with van der Waals surface area (Å²) in [6, 6.07) is 12.3. The fourth-order valence-electron chi connectivity index (χ4n) is 4.21. The molecular weight excluding hydrogens is 441 g/mol. The summed E-state index contributed by atoms with van der Waals surface area (Å²) >= 11 is 6.47. The molecule has 33 heavy (non-hydrogen) atoms. The highest BCUT2D eigenvalue weighted by molar-refractivity contribution is 6.33. The van der Waals surface area contributed by atoms with E-state index in [9.17, 15) is 9.18 Å². The maximum Gasteiger partial charge on any atom is 0.229 e. The van der Waals surface area contributed by atoms with E-state index in [1.807, 2.05) is 29.0 Å². The Hall–Kier alpha value is -3.29. The number of pyridine rings is 2. The third-order valence-electron chi connectivity index (χ3n) is 5.95. The standard InChI is InChI=1S/C25H23ClFN5O/c26-21-14-30-24(31-25(33)17-4-2-7-28-12-17)11-20(21)18-10-23-22(29-13-18)6-8-32(23)15-16-3-1-5-19(27)9-16/h1,3,5-6,8-11,13-14,17,28H,2,4,7,12,15H2,(H,30,31,33). The van der Waals surface area contributed by atoms with Crippen LogP contribution in [0.2, 0.25) is 5.02 Å². The predicted molar refractivity (Wildman–Crippen MR) is 128 cm³/mol. The minimum atomic E-state index is -0.259. The van der Waals surface area contributed by atoms with E-state index in [4.69, 9.17) is 11.6 Å². The summed E-state index contributed by atoms with van der Waals surface area (Å²) in [5, 5.41) is 6.64. The second kappa shape index (κ2) is 9.29. The average Bonchev–Trinajstić information content (AvgIpc) is 3.23. The minimum Gasteiger partial charge on any atom is -0.342 e. The number of hydrogen-bond donors (Lipinski definition) is 2. The van der Waals surface area contributed by atoms with Crippen LogP contribution < -0.4 is 10.6 Å². The molecule has 0 spiro atoms. The van der Waals surface area contributed by atoms with Crippen LogP contribution >= 0.6 is 11.6 Å². The lowest BCUT2D eigenvalue weighted by Crippen LogP contribution is -2.37. The van der Waals surface area contributed by atoms with E-state index in [1.54, 1.807) is 24.5 Å². The van der Waals surface area contributed by atoms with Gasteiger partial charge in [-0.25, -0.2) is 9.37 Å². The number of carbonyl (C=O) groups excluding carboxylic acids is 1. The summed E-state index contributed by atoms with van der Waals surface area (Å²) in [5.74, 6) is 0.0921. The van der Waals surface area contributed by atoms with Gasteiger partial charge in [0.1, 0.15) is 11.6 Å². The number of amides is 1. The summed E-state index contributed by atoms with van der Waals surface area (Å²) in [6.07, 6.45) is 7.08. The van der Waals surface area contributed by atoms with Gasteiger partial charge in [0.2, 0.25) is 5.91 Å². The molecule has 2 N–H and O–H groups in total. The molecule has 5 rings (SSSR count). The van der Waals surface area contributed by atoms with Crippen molar-refractivity contribution in [2.24, 2.45) is 5.92 Å². The number of fused-ring (bicyclic) bond motifs is 1. The van der Waals surface area contributed by atoms with Crippen molar-refractivity contribution in [3.8, 4) is 11.1 Å². The second-order valence-corrected chi connectivity index (χ2v) is 8.69. The van der Waals surface area contributed by atoms with Crippen LogP contribution in [0.3, 0.4) is 0 Å². The molecule has 1 unspecified atom stereocenters. The van der Waals surface area contributed by atoms with E-state index in [2.05, 4.69) is 20.6 Å². The molecule has 1 aliphatic heterocycles. The summed E-state index contributed by atoms with van der Waals surface area (Å²) in [4.78, 5) is 21.5. The van der Waals surface area contributed by atoms with Gasteiger partial charge in [0.15, 0.2) is 0 Å². The normalized spacial score (nSPS) is 16.1. The van der Waals surface area contributed by atoms with Gasteiger partial charge in [-0.15, -0.1) is 0 Å². The van der Waals surface area contributed by atoms with Crippen molar-refractivity contribution in [1.82, 2.24) is 19.9 Å². The van der Waals surface area contributed by atoms with Crippen LogP contribution in [-0.4, -0.2) is 33.5 Å². The van der Waals surface area contributed by atoms with Gasteiger partial charge < -0.3 is 15.2 Å². The SMILES string of the molecule is O=C(Nc1cc(-c2cnc3ccn(Cc4cccc(F)c4)c3c2)c(Cl)cn1)C1CCCNC1. The third-order valence-corrected chi connectivity index (χ3v) is 6.25. The lowest BCUT2D eigenvalue weighted by molar-refractivity contribution is -0.120. The number of nitrogens with zero attached hydrogens (tertiary/aromatic N) is 3. The molecule has 0 bridgehead atoms. The van der Waals surface area contributed by atoms with Crippen molar-refractivity contribution in [1.29, 1.82) is 0 Å². The molecule has 1 atom stereocenters. The number of piperidine rings is 1. The molecule has 1 aliphatic rings. The maximum absolute atomic E-state index is 13.6. The van der Waals surface area contributed by atoms with E-state index < -0.39 is 0 Å². The number of rotatable bonds is 5. The number of carbonyl (C=O) groups is 1. The molecule has 4 heterocycles. The molecule has 1 amide bonds. The predicted octanol–water partition coefficient (Wildman–Crippen LogP) is 4.88. The Labute approximate surface area is 195 Å². The fourth-order valence-corrected chi connectivity index (χ4v) is 4.42. The van der Waals surface area contributed by atoms with Gasteiger partial charge in [-0.1, -0.05) is 23.7 Å². The molecule has 0 aliphatic carbocycles. The molecule has 8 heteroatoms. The topological polar surface area (TPSA) is 71.8 Å². The van der Waals surface area contributed by atoms with E-state index in [0.29, 0.717) is 23.9 Å². The van der Waals surface area contributed by atoms with Crippen molar-refractivity contribution in [3.05, 3.63) is 77.5 Å². The van der Waals surface area contributed by atoms with Crippen LogP contribution in [0.5, 0.6) is 0 Å². The first-order valence-corrected chi connectivity index (χ1v) is 11.3. The van der Waals surface area contributed by atoms with Crippen LogP contribution in [0.4, 0.5) is 10.2 Å². The van der Waals surface area contributed by atoms with Crippen LogP contribution in [0.15, 0.2) is 61.1 Å². The number of anilines is 1. The molecular formula is C25H23ClFN5O. The third kappa shape index (κ3) is 4.74. The van der Waals surface area contributed by atoms with Crippen molar-refractivity contribution < 1.29 is 9.18 Å². The van der Waals surface area contributed by atoms with Gasteiger partial charge in [-0.2, -0.15) is 0 Å². The first kappa shape index (κ1) is 21.6. The Balaban J connectivity index is 1.43. The fraction of sp³-hybridized carbons (Fsp3) is 0.240. The molecule has 6 nitrogen and oxygen atoms in total. The summed E-state index contributed by atoms with van der Waals surface area (Å²) < 4.78 is 15.6. The summed E-state index contributed by atoms with van der Waals surface area (Å²) in [5.41, 5.74) is 4.14. The zero-order valence-electron chi connectivity index (χ0n) is 17.9. The van der Waals surface area contributed by atoms with E-state index in [0.717, 1.165) is 47.1 Å². The van der Waals surface area contributed by atoms with Gasteiger partial charge in [0.05, 0.1) is 22.0 Å². The monoisotopic (exact) mass is 463 g/mol. The lowest BCUT2D eigenvalue weighted by Gasteiger charge is -2.21. The van der Waals surface area contributed by atoms with Gasteiger partial charge >= 0.3 is 0 Å². The minimum absolute atomic E-state index is 0.0412. The van der Waals surface area contributed by atoms with E-state index >= 15 is 0 Å². The van der Waals surface area contributed by atoms with E-state index in [-0.39, 0.29) is 17.6 Å². The number of halogens is 2. The molecule has 1 aromatic carbocycles. The Bertz CT molecular complexity index is 1320. The average molecular weight is 464 g/mol. The van der Waals surface area contributed by atoms with Gasteiger partial charge in [0.25, 0.3) is 0 Å². The Kier molecular flexibility index (Phi) is 6.07. The molecule has 1 fully saturated rings. The summed E-state index contributed by atoms with van der Waals surface area (Å²) in [7, 11) is 0. The summed E-state index contributed by atoms with van der Waals surface area (Å²) in [6.45, 7) is 2.14. The number of hydrogen-bond acceptors (Lipinski definition) is 4. The molecule has 168 valence electrons. The molecule has 1 saturated heterocycles. The second-order valence-electron chi connectivity index (χ2n) is 8.28. The molecule has 4 aromatic rings. The molecule has 0 radical (unpaired) electrons. The highest BCUT2D eigenvalue weighted by atomic mass is 35.5. The van der Waals surface area contributed by atoms with Gasteiger partial charge in [-0.3, -0.25) is 9.78 Å². The van der Waals surface area contributed by atoms with Gasteiger partial charge in [-0.05, 0) is 55.3 Å². The maximum atomic E-state index is 13.6. The Morgan fingerprint density at radius 3 is 2.94 bits per heavy atom. The van der Waals surface area contributed by atoms with Crippen LogP contribution in [0.25, 0.3) is 22.2 Å². The highest BCUT2D eigenvalue weighted by Gasteiger charge is 2.21. The highest BCUT2D eigenvalue weighted by Crippen LogP contribution is 2.31. The van der Waals surface area contributed by atoms with Gasteiger partial charge in [0, 0.05) is 42.8 Å². The number of nitrogens with one attached hydrogen (secondary N) is 2. The number of aromatic nitrogens is 3.